The summed E-state index contributed by atoms with van der Waals surface area (Å²) in [6.45, 7) is 0.418. The maximum atomic E-state index is 5.52. The zero-order valence-corrected chi connectivity index (χ0v) is 12.3. The normalized spacial score (nSPS) is 9.32. The Hall–Kier alpha value is -1.88. The van der Waals surface area contributed by atoms with E-state index in [0.29, 0.717) is 6.61 Å². The van der Waals surface area contributed by atoms with Crippen LogP contribution in [-0.2, 0) is 0 Å². The molecule has 0 amide bonds. The van der Waals surface area contributed by atoms with E-state index in [0.717, 1.165) is 11.5 Å². The van der Waals surface area contributed by atoms with Gasteiger partial charge < -0.3 is 0 Å². The van der Waals surface area contributed by atoms with Gasteiger partial charge in [-0.2, -0.15) is 0 Å². The van der Waals surface area contributed by atoms with Crippen LogP contribution in [-0.4, -0.2) is 28.7 Å². The molecule has 0 saturated carbocycles. The number of ether oxygens (including phenoxy) is 2. The first-order valence-corrected chi connectivity index (χ1v) is 7.56. The van der Waals surface area contributed by atoms with Gasteiger partial charge in [-0.3, -0.25) is 0 Å². The van der Waals surface area contributed by atoms with E-state index in [1.807, 2.05) is 42.5 Å². The van der Waals surface area contributed by atoms with Crippen LogP contribution in [0.3, 0.4) is 0 Å². The van der Waals surface area contributed by atoms with E-state index in [-0.39, 0.29) is 15.0 Å². The SMILES string of the molecule is COc1ccc(OCC#C[Se]c2ccccc2)cc1. The zero-order valence-electron chi connectivity index (χ0n) is 10.6. The van der Waals surface area contributed by atoms with Crippen molar-refractivity contribution in [1.82, 2.24) is 0 Å². The Labute approximate surface area is 119 Å². The standard InChI is InChI=1S/C16H14O2Se/c1-17-14-8-10-15(11-9-14)18-12-5-13-19-16-6-3-2-4-7-16/h2-4,6-11H,12H2,1H3. The molecule has 0 heterocycles. The van der Waals surface area contributed by atoms with E-state index in [1.54, 1.807) is 7.11 Å². The van der Waals surface area contributed by atoms with Crippen molar-refractivity contribution in [1.29, 1.82) is 0 Å². The first-order chi connectivity index (χ1) is 9.38. The van der Waals surface area contributed by atoms with Gasteiger partial charge >= 0.3 is 119 Å². The molecule has 0 saturated heterocycles. The molecule has 0 spiro atoms. The number of hydrogen-bond acceptors (Lipinski definition) is 2. The van der Waals surface area contributed by atoms with Crippen molar-refractivity contribution in [2.75, 3.05) is 13.7 Å². The van der Waals surface area contributed by atoms with Gasteiger partial charge in [-0.15, -0.1) is 0 Å². The van der Waals surface area contributed by atoms with Crippen molar-refractivity contribution in [3.8, 4) is 22.2 Å². The topological polar surface area (TPSA) is 18.5 Å². The second-order valence-corrected chi connectivity index (χ2v) is 5.50. The number of rotatable bonds is 4. The second kappa shape index (κ2) is 7.53. The van der Waals surface area contributed by atoms with Crippen LogP contribution in [0.4, 0.5) is 0 Å². The van der Waals surface area contributed by atoms with Crippen molar-refractivity contribution in [3.05, 3.63) is 54.6 Å². The fourth-order valence-electron chi connectivity index (χ4n) is 1.40. The van der Waals surface area contributed by atoms with Gasteiger partial charge in [-0.1, -0.05) is 0 Å². The van der Waals surface area contributed by atoms with Crippen LogP contribution in [0, 0.1) is 10.7 Å². The summed E-state index contributed by atoms with van der Waals surface area (Å²) in [6, 6.07) is 17.8. The molecule has 2 nitrogen and oxygen atoms in total. The van der Waals surface area contributed by atoms with Crippen LogP contribution in [0.25, 0.3) is 0 Å². The minimum absolute atomic E-state index is 0.199. The van der Waals surface area contributed by atoms with Crippen molar-refractivity contribution in [3.63, 3.8) is 0 Å². The third-order valence-corrected chi connectivity index (χ3v) is 3.94. The Bertz CT molecular complexity index is 553. The Balaban J connectivity index is 1.77. The molecular weight excluding hydrogens is 303 g/mol. The molecule has 2 rings (SSSR count). The molecule has 19 heavy (non-hydrogen) atoms. The summed E-state index contributed by atoms with van der Waals surface area (Å²) in [7, 11) is 1.65. The monoisotopic (exact) mass is 318 g/mol. The quantitative estimate of drug-likeness (QED) is 0.635. The maximum absolute atomic E-state index is 5.52. The molecule has 0 aromatic heterocycles. The van der Waals surface area contributed by atoms with E-state index in [4.69, 9.17) is 9.47 Å². The zero-order chi connectivity index (χ0) is 13.3. The summed E-state index contributed by atoms with van der Waals surface area (Å²) in [6.07, 6.45) is 0. The van der Waals surface area contributed by atoms with Gasteiger partial charge in [0.15, 0.2) is 0 Å². The van der Waals surface area contributed by atoms with Crippen LogP contribution < -0.4 is 13.9 Å². The van der Waals surface area contributed by atoms with Gasteiger partial charge in [-0.05, 0) is 0 Å². The van der Waals surface area contributed by atoms with Gasteiger partial charge in [0.05, 0.1) is 0 Å². The minimum atomic E-state index is 0.199. The summed E-state index contributed by atoms with van der Waals surface area (Å²) in [5.41, 5.74) is 0. The Morgan fingerprint density at radius 3 is 2.32 bits per heavy atom. The average Bonchev–Trinajstić information content (AvgIpc) is 2.49. The third-order valence-electron chi connectivity index (χ3n) is 2.35. The summed E-state index contributed by atoms with van der Waals surface area (Å²) in [5.74, 6) is 4.67. The van der Waals surface area contributed by atoms with Crippen LogP contribution >= 0.6 is 0 Å². The molecular formula is C16H14O2Se. The number of hydrogen-bond donors (Lipinski definition) is 0. The van der Waals surface area contributed by atoms with Crippen molar-refractivity contribution in [2.45, 2.75) is 0 Å². The summed E-state index contributed by atoms with van der Waals surface area (Å²) >= 11 is 0.199. The van der Waals surface area contributed by atoms with E-state index in [9.17, 15) is 0 Å². The van der Waals surface area contributed by atoms with E-state index < -0.39 is 0 Å². The average molecular weight is 317 g/mol. The molecule has 3 heteroatoms. The molecule has 2 aromatic rings. The Morgan fingerprint density at radius 1 is 0.947 bits per heavy atom. The molecule has 2 aromatic carbocycles. The van der Waals surface area contributed by atoms with Crippen molar-refractivity contribution >= 4 is 19.4 Å². The number of methoxy groups -OCH3 is 1. The van der Waals surface area contributed by atoms with Crippen LogP contribution in [0.2, 0.25) is 0 Å². The predicted molar refractivity (Wildman–Crippen MR) is 78.1 cm³/mol. The molecule has 0 radical (unpaired) electrons. The fraction of sp³-hybridized carbons (Fsp3) is 0.125. The first kappa shape index (κ1) is 13.5. The van der Waals surface area contributed by atoms with Crippen LogP contribution in [0.5, 0.6) is 11.5 Å². The van der Waals surface area contributed by atoms with E-state index in [1.165, 1.54) is 4.46 Å². The Morgan fingerprint density at radius 2 is 1.63 bits per heavy atom. The summed E-state index contributed by atoms with van der Waals surface area (Å²) in [5, 5.41) is 0. The van der Waals surface area contributed by atoms with Crippen LogP contribution in [0.15, 0.2) is 54.6 Å². The van der Waals surface area contributed by atoms with E-state index in [2.05, 4.69) is 22.9 Å². The molecule has 0 aliphatic heterocycles. The molecule has 0 unspecified atom stereocenters. The van der Waals surface area contributed by atoms with Gasteiger partial charge in [0.25, 0.3) is 0 Å². The van der Waals surface area contributed by atoms with Crippen molar-refractivity contribution in [2.24, 2.45) is 0 Å². The fourth-order valence-corrected chi connectivity index (χ4v) is 2.54. The first-order valence-electron chi connectivity index (χ1n) is 5.85. The van der Waals surface area contributed by atoms with Gasteiger partial charge in [0.2, 0.25) is 0 Å². The Kier molecular flexibility index (Phi) is 5.37. The number of benzene rings is 2. The summed E-state index contributed by atoms with van der Waals surface area (Å²) in [4.78, 5) is 3.16. The molecule has 0 bridgehead atoms. The van der Waals surface area contributed by atoms with Crippen molar-refractivity contribution < 1.29 is 9.47 Å². The summed E-state index contributed by atoms with van der Waals surface area (Å²) < 4.78 is 11.9. The third kappa shape index (κ3) is 4.71. The molecule has 0 N–H and O–H groups in total. The second-order valence-electron chi connectivity index (χ2n) is 3.66. The predicted octanol–water partition coefficient (Wildman–Crippen LogP) is 2.06. The molecule has 0 aliphatic carbocycles. The van der Waals surface area contributed by atoms with Gasteiger partial charge in [0.1, 0.15) is 0 Å². The molecule has 0 fully saturated rings. The molecule has 96 valence electrons. The van der Waals surface area contributed by atoms with Gasteiger partial charge in [-0.25, -0.2) is 0 Å². The van der Waals surface area contributed by atoms with E-state index >= 15 is 0 Å². The van der Waals surface area contributed by atoms with Gasteiger partial charge in [0, 0.05) is 0 Å². The molecule has 0 aliphatic rings. The molecule has 0 atom stereocenters. The van der Waals surface area contributed by atoms with Crippen LogP contribution in [0.1, 0.15) is 0 Å².